The summed E-state index contributed by atoms with van der Waals surface area (Å²) in [5.74, 6) is 0.944. The van der Waals surface area contributed by atoms with E-state index in [9.17, 15) is 9.59 Å². The van der Waals surface area contributed by atoms with Crippen LogP contribution >= 0.6 is 0 Å². The lowest BCUT2D eigenvalue weighted by atomic mass is 10.1. The lowest BCUT2D eigenvalue weighted by Gasteiger charge is -2.20. The van der Waals surface area contributed by atoms with Crippen LogP contribution in [0.2, 0.25) is 0 Å². The van der Waals surface area contributed by atoms with Gasteiger partial charge in [-0.15, -0.1) is 0 Å². The smallest absolute Gasteiger partial charge is 0.229 e. The summed E-state index contributed by atoms with van der Waals surface area (Å²) in [6.45, 7) is 2.25. The number of carbonyl (C=O) groups excluding carboxylic acids is 2. The van der Waals surface area contributed by atoms with Gasteiger partial charge >= 0.3 is 0 Å². The number of ether oxygens (including phenoxy) is 3. The van der Waals surface area contributed by atoms with Gasteiger partial charge in [-0.05, 0) is 36.8 Å². The molecule has 0 radical (unpaired) electrons. The number of hydrogen-bond donors (Lipinski definition) is 1. The Balaban J connectivity index is 1.75. The maximum atomic E-state index is 12.7. The fourth-order valence-electron chi connectivity index (χ4n) is 3.29. The van der Waals surface area contributed by atoms with Crippen molar-refractivity contribution in [2.75, 3.05) is 38.1 Å². The van der Waals surface area contributed by atoms with Crippen molar-refractivity contribution in [3.63, 3.8) is 0 Å². The van der Waals surface area contributed by atoms with E-state index in [0.717, 1.165) is 5.56 Å². The van der Waals surface area contributed by atoms with Crippen LogP contribution in [0.25, 0.3) is 0 Å². The fourth-order valence-corrected chi connectivity index (χ4v) is 3.29. The molecular weight excluding hydrogens is 360 g/mol. The van der Waals surface area contributed by atoms with Gasteiger partial charge in [0.15, 0.2) is 11.5 Å². The van der Waals surface area contributed by atoms with E-state index in [-0.39, 0.29) is 18.2 Å². The number of amides is 2. The van der Waals surface area contributed by atoms with Gasteiger partial charge in [0.1, 0.15) is 5.75 Å². The highest BCUT2D eigenvalue weighted by atomic mass is 16.5. The summed E-state index contributed by atoms with van der Waals surface area (Å²) >= 11 is 0. The molecule has 3 rings (SSSR count). The highest BCUT2D eigenvalue weighted by molar-refractivity contribution is 6.04. The van der Waals surface area contributed by atoms with E-state index < -0.39 is 5.92 Å². The number of carbonyl (C=O) groups is 2. The van der Waals surface area contributed by atoms with E-state index in [0.29, 0.717) is 35.2 Å². The van der Waals surface area contributed by atoms with Crippen LogP contribution in [0.15, 0.2) is 36.4 Å². The molecule has 1 heterocycles. The van der Waals surface area contributed by atoms with Crippen molar-refractivity contribution < 1.29 is 23.8 Å². The molecule has 1 aliphatic rings. The van der Waals surface area contributed by atoms with Gasteiger partial charge in [0.2, 0.25) is 11.8 Å². The first-order valence-corrected chi connectivity index (χ1v) is 8.94. The number of benzene rings is 2. The quantitative estimate of drug-likeness (QED) is 0.828. The number of hydrogen-bond acceptors (Lipinski definition) is 5. The van der Waals surface area contributed by atoms with E-state index in [4.69, 9.17) is 14.2 Å². The first-order chi connectivity index (χ1) is 13.5. The molecule has 0 spiro atoms. The van der Waals surface area contributed by atoms with Crippen LogP contribution in [-0.4, -0.2) is 39.7 Å². The summed E-state index contributed by atoms with van der Waals surface area (Å²) in [5.41, 5.74) is 2.29. The largest absolute Gasteiger partial charge is 0.495 e. The minimum absolute atomic E-state index is 0.101. The van der Waals surface area contributed by atoms with Gasteiger partial charge in [-0.25, -0.2) is 0 Å². The molecule has 7 heteroatoms. The van der Waals surface area contributed by atoms with Crippen molar-refractivity contribution in [3.05, 3.63) is 42.0 Å². The first kappa shape index (κ1) is 19.5. The van der Waals surface area contributed by atoms with Crippen molar-refractivity contribution in [2.45, 2.75) is 13.3 Å². The Morgan fingerprint density at radius 3 is 2.36 bits per heavy atom. The summed E-state index contributed by atoms with van der Waals surface area (Å²) in [5, 5.41) is 2.86. The zero-order valence-corrected chi connectivity index (χ0v) is 16.4. The van der Waals surface area contributed by atoms with Gasteiger partial charge in [-0.2, -0.15) is 0 Å². The molecule has 1 unspecified atom stereocenters. The maximum Gasteiger partial charge on any atom is 0.229 e. The van der Waals surface area contributed by atoms with Crippen molar-refractivity contribution >= 4 is 23.2 Å². The SMILES string of the molecule is COc1ccc(NC(=O)C2CC(=O)N(c3cc(C)ccc3OC)C2)cc1OC. The molecule has 1 fully saturated rings. The number of rotatable bonds is 6. The zero-order valence-electron chi connectivity index (χ0n) is 16.4. The van der Waals surface area contributed by atoms with E-state index in [2.05, 4.69) is 5.32 Å². The van der Waals surface area contributed by atoms with Gasteiger partial charge in [0, 0.05) is 24.7 Å². The third-order valence-corrected chi connectivity index (χ3v) is 4.77. The van der Waals surface area contributed by atoms with Crippen LogP contribution in [-0.2, 0) is 9.59 Å². The van der Waals surface area contributed by atoms with Crippen LogP contribution in [0.1, 0.15) is 12.0 Å². The van der Waals surface area contributed by atoms with Crippen molar-refractivity contribution in [1.82, 2.24) is 0 Å². The molecule has 2 aromatic carbocycles. The minimum Gasteiger partial charge on any atom is -0.495 e. The molecule has 2 aromatic rings. The molecule has 7 nitrogen and oxygen atoms in total. The number of aryl methyl sites for hydroxylation is 1. The molecule has 2 amide bonds. The molecule has 1 aliphatic heterocycles. The van der Waals surface area contributed by atoms with Crippen LogP contribution in [0.5, 0.6) is 17.2 Å². The summed E-state index contributed by atoms with van der Waals surface area (Å²) in [6, 6.07) is 10.8. The molecule has 0 saturated carbocycles. The molecule has 1 saturated heterocycles. The number of nitrogens with zero attached hydrogens (tertiary/aromatic N) is 1. The summed E-state index contributed by atoms with van der Waals surface area (Å²) < 4.78 is 15.8. The van der Waals surface area contributed by atoms with Crippen LogP contribution in [0.4, 0.5) is 11.4 Å². The van der Waals surface area contributed by atoms with E-state index in [1.54, 1.807) is 37.3 Å². The zero-order chi connectivity index (χ0) is 20.3. The third-order valence-electron chi connectivity index (χ3n) is 4.77. The fraction of sp³-hybridized carbons (Fsp3) is 0.333. The predicted octanol–water partition coefficient (Wildman–Crippen LogP) is 3.01. The highest BCUT2D eigenvalue weighted by Gasteiger charge is 2.36. The third kappa shape index (κ3) is 3.88. The molecule has 148 valence electrons. The summed E-state index contributed by atoms with van der Waals surface area (Å²) in [7, 11) is 4.65. The lowest BCUT2D eigenvalue weighted by molar-refractivity contribution is -0.122. The van der Waals surface area contributed by atoms with Crippen LogP contribution < -0.4 is 24.4 Å². The minimum atomic E-state index is -0.453. The summed E-state index contributed by atoms with van der Waals surface area (Å²) in [6.07, 6.45) is 0.149. The first-order valence-electron chi connectivity index (χ1n) is 8.94. The normalized spacial score (nSPS) is 16.1. The average Bonchev–Trinajstić information content (AvgIpc) is 3.09. The Hall–Kier alpha value is -3.22. The maximum absolute atomic E-state index is 12.7. The topological polar surface area (TPSA) is 77.1 Å². The summed E-state index contributed by atoms with van der Waals surface area (Å²) in [4.78, 5) is 26.9. The lowest BCUT2D eigenvalue weighted by Crippen LogP contribution is -2.28. The van der Waals surface area contributed by atoms with Gasteiger partial charge in [-0.1, -0.05) is 6.07 Å². The molecular formula is C21H24N2O5. The Morgan fingerprint density at radius 2 is 1.68 bits per heavy atom. The Labute approximate surface area is 164 Å². The Morgan fingerprint density at radius 1 is 1.00 bits per heavy atom. The van der Waals surface area contributed by atoms with E-state index in [1.165, 1.54) is 7.11 Å². The van der Waals surface area contributed by atoms with Gasteiger partial charge in [0.05, 0.1) is 32.9 Å². The molecule has 0 bridgehead atoms. The van der Waals surface area contributed by atoms with Gasteiger partial charge in [-0.3, -0.25) is 9.59 Å². The number of anilines is 2. The number of nitrogens with one attached hydrogen (secondary N) is 1. The van der Waals surface area contributed by atoms with Crippen LogP contribution in [0.3, 0.4) is 0 Å². The van der Waals surface area contributed by atoms with Gasteiger partial charge < -0.3 is 24.4 Å². The second kappa shape index (κ2) is 8.21. The average molecular weight is 384 g/mol. The number of methoxy groups -OCH3 is 3. The monoisotopic (exact) mass is 384 g/mol. The molecule has 1 atom stereocenters. The van der Waals surface area contributed by atoms with Crippen molar-refractivity contribution in [2.24, 2.45) is 5.92 Å². The van der Waals surface area contributed by atoms with Crippen molar-refractivity contribution in [3.8, 4) is 17.2 Å². The molecule has 0 aromatic heterocycles. The predicted molar refractivity (Wildman–Crippen MR) is 106 cm³/mol. The molecule has 28 heavy (non-hydrogen) atoms. The molecule has 1 N–H and O–H groups in total. The van der Waals surface area contributed by atoms with Gasteiger partial charge in [0.25, 0.3) is 0 Å². The Kier molecular flexibility index (Phi) is 5.73. The highest BCUT2D eigenvalue weighted by Crippen LogP contribution is 2.35. The Bertz CT molecular complexity index is 896. The standard InChI is InChI=1S/C21H24N2O5/c1-13-5-7-17(26-2)16(9-13)23-12-14(10-20(23)24)21(25)22-15-6-8-18(27-3)19(11-15)28-4/h5-9,11,14H,10,12H2,1-4H3,(H,22,25). The van der Waals surface area contributed by atoms with E-state index >= 15 is 0 Å². The molecule has 0 aliphatic carbocycles. The van der Waals surface area contributed by atoms with Crippen molar-refractivity contribution in [1.29, 1.82) is 0 Å². The second-order valence-electron chi connectivity index (χ2n) is 6.64. The van der Waals surface area contributed by atoms with Crippen LogP contribution in [0, 0.1) is 12.8 Å². The second-order valence-corrected chi connectivity index (χ2v) is 6.64. The van der Waals surface area contributed by atoms with E-state index in [1.807, 2.05) is 25.1 Å².